The lowest BCUT2D eigenvalue weighted by molar-refractivity contribution is 0.130. The molecule has 0 N–H and O–H groups in total. The van der Waals surface area contributed by atoms with E-state index >= 15 is 0 Å². The Hall–Kier alpha value is -1.63. The predicted octanol–water partition coefficient (Wildman–Crippen LogP) is 2.97. The fourth-order valence-corrected chi connectivity index (χ4v) is 4.29. The lowest BCUT2D eigenvalue weighted by atomic mass is 10.1. The Kier molecular flexibility index (Phi) is 4.84. The molecule has 0 aliphatic carbocycles. The second-order valence-electron chi connectivity index (χ2n) is 5.36. The highest BCUT2D eigenvalue weighted by molar-refractivity contribution is 7.89. The van der Waals surface area contributed by atoms with Gasteiger partial charge in [0.1, 0.15) is 16.9 Å². The summed E-state index contributed by atoms with van der Waals surface area (Å²) in [5, 5.41) is 0.426. The van der Waals surface area contributed by atoms with Gasteiger partial charge in [0.2, 0.25) is 10.0 Å². The first-order valence-electron chi connectivity index (χ1n) is 7.39. The van der Waals surface area contributed by atoms with Gasteiger partial charge < -0.3 is 4.74 Å². The topological polar surface area (TPSA) is 59.5 Å². The molecule has 2 heterocycles. The highest BCUT2D eigenvalue weighted by Gasteiger charge is 2.31. The summed E-state index contributed by atoms with van der Waals surface area (Å²) in [4.78, 5) is 4.22. The molecule has 0 saturated carbocycles. The molecular formula is C16H17ClN2O3S. The molecular weight excluding hydrogens is 336 g/mol. The van der Waals surface area contributed by atoms with E-state index in [4.69, 9.17) is 16.3 Å². The van der Waals surface area contributed by atoms with Crippen molar-refractivity contribution in [2.75, 3.05) is 13.1 Å². The highest BCUT2D eigenvalue weighted by Crippen LogP contribution is 2.27. The molecule has 1 aromatic carbocycles. The van der Waals surface area contributed by atoms with Crippen LogP contribution in [0.3, 0.4) is 0 Å². The maximum Gasteiger partial charge on any atom is 0.243 e. The van der Waals surface area contributed by atoms with Crippen LogP contribution in [0.2, 0.25) is 5.02 Å². The summed E-state index contributed by atoms with van der Waals surface area (Å²) >= 11 is 6.05. The summed E-state index contributed by atoms with van der Waals surface area (Å²) in [6.07, 6.45) is 4.43. The molecule has 7 heteroatoms. The van der Waals surface area contributed by atoms with Crippen molar-refractivity contribution in [1.82, 2.24) is 9.29 Å². The van der Waals surface area contributed by atoms with E-state index in [9.17, 15) is 8.42 Å². The minimum atomic E-state index is -3.49. The molecule has 1 atom stereocenters. The Morgan fingerprint density at radius 1 is 1.22 bits per heavy atom. The summed E-state index contributed by atoms with van der Waals surface area (Å²) in [5.74, 6) is 0.533. The molecule has 122 valence electrons. The molecule has 3 rings (SSSR count). The maximum absolute atomic E-state index is 12.7. The molecule has 1 aliphatic rings. The second kappa shape index (κ2) is 6.86. The zero-order valence-electron chi connectivity index (χ0n) is 12.4. The molecule has 1 fully saturated rings. The van der Waals surface area contributed by atoms with Crippen LogP contribution in [0.4, 0.5) is 0 Å². The van der Waals surface area contributed by atoms with E-state index in [1.807, 2.05) is 0 Å². The Morgan fingerprint density at radius 2 is 2.00 bits per heavy atom. The van der Waals surface area contributed by atoms with E-state index in [-0.39, 0.29) is 6.10 Å². The molecule has 1 aromatic heterocycles. The van der Waals surface area contributed by atoms with Crippen molar-refractivity contribution in [3.63, 3.8) is 0 Å². The normalized spacial score (nSPS) is 19.4. The fraction of sp³-hybridized carbons (Fsp3) is 0.312. The van der Waals surface area contributed by atoms with Crippen LogP contribution in [0.5, 0.6) is 5.75 Å². The summed E-state index contributed by atoms with van der Waals surface area (Å²) in [7, 11) is -3.49. The van der Waals surface area contributed by atoms with Crippen molar-refractivity contribution in [1.29, 1.82) is 0 Å². The van der Waals surface area contributed by atoms with Crippen LogP contribution in [0.15, 0.2) is 53.7 Å². The number of aromatic nitrogens is 1. The lowest BCUT2D eigenvalue weighted by Gasteiger charge is -2.32. The zero-order valence-corrected chi connectivity index (χ0v) is 14.0. The summed E-state index contributed by atoms with van der Waals surface area (Å²) in [6.45, 7) is 0.817. The fourth-order valence-electron chi connectivity index (χ4n) is 2.60. The molecule has 0 amide bonds. The number of halogens is 1. The van der Waals surface area contributed by atoms with Crippen molar-refractivity contribution in [3.05, 3.63) is 53.8 Å². The first kappa shape index (κ1) is 16.2. The second-order valence-corrected chi connectivity index (χ2v) is 7.71. The van der Waals surface area contributed by atoms with E-state index in [0.29, 0.717) is 28.8 Å². The van der Waals surface area contributed by atoms with E-state index < -0.39 is 10.0 Å². The van der Waals surface area contributed by atoms with E-state index in [1.165, 1.54) is 10.5 Å². The number of hydrogen-bond acceptors (Lipinski definition) is 4. The first-order valence-corrected chi connectivity index (χ1v) is 9.20. The van der Waals surface area contributed by atoms with Crippen molar-refractivity contribution in [2.45, 2.75) is 23.8 Å². The van der Waals surface area contributed by atoms with Gasteiger partial charge in [-0.15, -0.1) is 0 Å². The van der Waals surface area contributed by atoms with Crippen LogP contribution in [0.1, 0.15) is 12.8 Å². The van der Waals surface area contributed by atoms with Crippen LogP contribution in [0, 0.1) is 0 Å². The van der Waals surface area contributed by atoms with Gasteiger partial charge in [-0.05, 0) is 25.0 Å². The molecule has 0 radical (unpaired) electrons. The Labute approximate surface area is 140 Å². The third-order valence-corrected chi connectivity index (χ3v) is 5.91. The Balaban J connectivity index is 1.75. The molecule has 0 bridgehead atoms. The quantitative estimate of drug-likeness (QED) is 0.848. The van der Waals surface area contributed by atoms with Gasteiger partial charge in [0, 0.05) is 25.0 Å². The van der Waals surface area contributed by atoms with Crippen LogP contribution < -0.4 is 4.74 Å². The van der Waals surface area contributed by atoms with Crippen LogP contribution in [0.25, 0.3) is 0 Å². The lowest BCUT2D eigenvalue weighted by Crippen LogP contribution is -2.44. The maximum atomic E-state index is 12.7. The van der Waals surface area contributed by atoms with Gasteiger partial charge in [-0.1, -0.05) is 29.8 Å². The number of nitrogens with zero attached hydrogens (tertiary/aromatic N) is 2. The van der Waals surface area contributed by atoms with E-state index in [1.54, 1.807) is 42.6 Å². The van der Waals surface area contributed by atoms with Crippen LogP contribution in [-0.2, 0) is 10.0 Å². The smallest absolute Gasteiger partial charge is 0.243 e. The van der Waals surface area contributed by atoms with Crippen LogP contribution in [-0.4, -0.2) is 36.9 Å². The largest absolute Gasteiger partial charge is 0.487 e. The standard InChI is InChI=1S/C16H17ClN2O3S/c17-15-11-18-9-8-16(15)22-13-5-4-10-19(12-13)23(20,21)14-6-2-1-3-7-14/h1-3,6-9,11,13H,4-5,10,12H2. The number of ether oxygens (including phenoxy) is 1. The summed E-state index contributed by atoms with van der Waals surface area (Å²) < 4.78 is 32.7. The average molecular weight is 353 g/mol. The molecule has 0 spiro atoms. The van der Waals surface area contributed by atoms with Gasteiger partial charge in [0.05, 0.1) is 11.4 Å². The third-order valence-electron chi connectivity index (χ3n) is 3.75. The predicted molar refractivity (Wildman–Crippen MR) is 88.1 cm³/mol. The molecule has 2 aromatic rings. The van der Waals surface area contributed by atoms with Crippen molar-refractivity contribution >= 4 is 21.6 Å². The SMILES string of the molecule is O=S(=O)(c1ccccc1)N1CCCC(Oc2ccncc2Cl)C1. The minimum Gasteiger partial charge on any atom is -0.487 e. The number of benzene rings is 1. The monoisotopic (exact) mass is 352 g/mol. The summed E-state index contributed by atoms with van der Waals surface area (Å²) in [5.41, 5.74) is 0. The zero-order chi connectivity index (χ0) is 16.3. The van der Waals surface area contributed by atoms with Crippen molar-refractivity contribution in [2.24, 2.45) is 0 Å². The Morgan fingerprint density at radius 3 is 2.74 bits per heavy atom. The highest BCUT2D eigenvalue weighted by atomic mass is 35.5. The number of sulfonamides is 1. The minimum absolute atomic E-state index is 0.220. The van der Waals surface area contributed by atoms with Gasteiger partial charge >= 0.3 is 0 Å². The Bertz CT molecular complexity index is 768. The van der Waals surface area contributed by atoms with Gasteiger partial charge in [-0.3, -0.25) is 4.98 Å². The first-order chi connectivity index (χ1) is 11.1. The van der Waals surface area contributed by atoms with E-state index in [2.05, 4.69) is 4.98 Å². The third kappa shape index (κ3) is 3.65. The number of piperidine rings is 1. The molecule has 23 heavy (non-hydrogen) atoms. The van der Waals surface area contributed by atoms with Gasteiger partial charge in [0.25, 0.3) is 0 Å². The average Bonchev–Trinajstić information content (AvgIpc) is 2.58. The van der Waals surface area contributed by atoms with Gasteiger partial charge in [0.15, 0.2) is 0 Å². The number of pyridine rings is 1. The van der Waals surface area contributed by atoms with Crippen LogP contribution >= 0.6 is 11.6 Å². The molecule has 1 unspecified atom stereocenters. The molecule has 1 aliphatic heterocycles. The van der Waals surface area contributed by atoms with E-state index in [0.717, 1.165) is 12.8 Å². The molecule has 5 nitrogen and oxygen atoms in total. The number of rotatable bonds is 4. The van der Waals surface area contributed by atoms with Gasteiger partial charge in [-0.2, -0.15) is 4.31 Å². The van der Waals surface area contributed by atoms with Crippen molar-refractivity contribution < 1.29 is 13.2 Å². The summed E-state index contributed by atoms with van der Waals surface area (Å²) in [6, 6.07) is 10.2. The van der Waals surface area contributed by atoms with Crippen molar-refractivity contribution in [3.8, 4) is 5.75 Å². The number of hydrogen-bond donors (Lipinski definition) is 0. The molecule has 1 saturated heterocycles. The van der Waals surface area contributed by atoms with Gasteiger partial charge in [-0.25, -0.2) is 8.42 Å².